The number of hydrogen-bond donors (Lipinski definition) is 3. The van der Waals surface area contributed by atoms with Crippen LogP contribution >= 0.6 is 12.4 Å². The largest absolute Gasteiger partial charge is 0.352 e. The highest BCUT2D eigenvalue weighted by molar-refractivity contribution is 5.94. The van der Waals surface area contributed by atoms with Crippen molar-refractivity contribution in [2.24, 2.45) is 17.6 Å². The van der Waals surface area contributed by atoms with Crippen LogP contribution < -0.4 is 16.4 Å². The molecule has 1 unspecified atom stereocenters. The fraction of sp³-hybridized carbons (Fsp3) is 0.636. The van der Waals surface area contributed by atoms with Crippen molar-refractivity contribution in [1.29, 1.82) is 0 Å². The van der Waals surface area contributed by atoms with E-state index >= 15 is 0 Å². The molecule has 0 spiro atoms. The summed E-state index contributed by atoms with van der Waals surface area (Å²) in [4.78, 5) is 24.7. The van der Waals surface area contributed by atoms with E-state index < -0.39 is 0 Å². The van der Waals surface area contributed by atoms with Crippen LogP contribution in [0.15, 0.2) is 24.3 Å². The lowest BCUT2D eigenvalue weighted by molar-refractivity contribution is -0.124. The second-order valence-electron chi connectivity index (χ2n) is 8.11. The summed E-state index contributed by atoms with van der Waals surface area (Å²) in [6.45, 7) is 1.01. The van der Waals surface area contributed by atoms with Gasteiger partial charge in [0.1, 0.15) is 0 Å². The molecule has 0 radical (unpaired) electrons. The van der Waals surface area contributed by atoms with E-state index in [2.05, 4.69) is 10.6 Å². The Bertz CT molecular complexity index is 623. The Labute approximate surface area is 174 Å². The summed E-state index contributed by atoms with van der Waals surface area (Å²) in [5.74, 6) is 0.783. The summed E-state index contributed by atoms with van der Waals surface area (Å²) < 4.78 is 0. The summed E-state index contributed by atoms with van der Waals surface area (Å²) in [5, 5.41) is 6.14. The molecule has 2 aliphatic rings. The normalized spacial score (nSPS) is 18.9. The van der Waals surface area contributed by atoms with Crippen molar-refractivity contribution in [2.75, 3.05) is 6.54 Å². The molecule has 1 atom stereocenters. The van der Waals surface area contributed by atoms with Crippen molar-refractivity contribution in [3.8, 4) is 0 Å². The number of benzene rings is 1. The molecule has 0 saturated heterocycles. The topological polar surface area (TPSA) is 84.2 Å². The predicted molar refractivity (Wildman–Crippen MR) is 114 cm³/mol. The van der Waals surface area contributed by atoms with Crippen molar-refractivity contribution in [2.45, 2.75) is 70.4 Å². The third-order valence-corrected chi connectivity index (χ3v) is 6.20. The average molecular weight is 408 g/mol. The predicted octanol–water partition coefficient (Wildman–Crippen LogP) is 3.55. The first-order valence-electron chi connectivity index (χ1n) is 10.5. The molecular weight excluding hydrogens is 374 g/mol. The zero-order valence-electron chi connectivity index (χ0n) is 16.6. The number of carbonyl (C=O) groups excluding carboxylic acids is 2. The highest BCUT2D eigenvalue weighted by atomic mass is 35.5. The molecule has 2 amide bonds. The van der Waals surface area contributed by atoms with Gasteiger partial charge in [0.05, 0.1) is 0 Å². The molecule has 3 rings (SSSR count). The molecule has 1 aromatic rings. The maximum absolute atomic E-state index is 12.6. The minimum atomic E-state index is -0.0578. The van der Waals surface area contributed by atoms with Crippen LogP contribution in [-0.2, 0) is 11.3 Å². The number of carbonyl (C=O) groups is 2. The van der Waals surface area contributed by atoms with Crippen LogP contribution in [0.5, 0.6) is 0 Å². The summed E-state index contributed by atoms with van der Waals surface area (Å²) >= 11 is 0. The van der Waals surface area contributed by atoms with Gasteiger partial charge in [-0.15, -0.1) is 12.4 Å². The first kappa shape index (κ1) is 22.7. The van der Waals surface area contributed by atoms with Crippen LogP contribution in [0.2, 0.25) is 0 Å². The summed E-state index contributed by atoms with van der Waals surface area (Å²) in [6, 6.07) is 7.56. The molecule has 2 saturated carbocycles. The average Bonchev–Trinajstić information content (AvgIpc) is 3.26. The van der Waals surface area contributed by atoms with E-state index in [0.717, 1.165) is 44.1 Å². The van der Waals surface area contributed by atoms with Crippen molar-refractivity contribution in [3.05, 3.63) is 35.4 Å². The highest BCUT2D eigenvalue weighted by Gasteiger charge is 2.24. The molecule has 0 bridgehead atoms. The first-order chi connectivity index (χ1) is 13.2. The lowest BCUT2D eigenvalue weighted by Gasteiger charge is -2.30. The number of amides is 2. The standard InChI is InChI=1S/C22H33N3O2.ClH/c23-14-20(17-6-2-1-3-7-17)25-22(27)19-12-10-16(11-13-19)15-24-21(26)18-8-4-5-9-18;/h10-13,17-18,20H,1-9,14-15,23H2,(H,24,26)(H,25,27);1H. The molecule has 0 aromatic heterocycles. The van der Waals surface area contributed by atoms with Gasteiger partial charge in [0.2, 0.25) is 5.91 Å². The van der Waals surface area contributed by atoms with Gasteiger partial charge in [0, 0.05) is 30.6 Å². The van der Waals surface area contributed by atoms with Gasteiger partial charge in [-0.3, -0.25) is 9.59 Å². The quantitative estimate of drug-likeness (QED) is 0.646. The smallest absolute Gasteiger partial charge is 0.251 e. The molecule has 0 heterocycles. The van der Waals surface area contributed by atoms with Gasteiger partial charge in [0.15, 0.2) is 0 Å². The van der Waals surface area contributed by atoms with Crippen LogP contribution in [0.1, 0.15) is 73.7 Å². The van der Waals surface area contributed by atoms with Crippen molar-refractivity contribution >= 4 is 24.2 Å². The Kier molecular flexibility index (Phi) is 9.26. The first-order valence-corrected chi connectivity index (χ1v) is 10.5. The van der Waals surface area contributed by atoms with Crippen molar-refractivity contribution < 1.29 is 9.59 Å². The van der Waals surface area contributed by atoms with Crippen LogP contribution in [-0.4, -0.2) is 24.4 Å². The monoisotopic (exact) mass is 407 g/mol. The molecule has 5 nitrogen and oxygen atoms in total. The van der Waals surface area contributed by atoms with Crippen LogP contribution in [0, 0.1) is 11.8 Å². The lowest BCUT2D eigenvalue weighted by Crippen LogP contribution is -2.45. The Morgan fingerprint density at radius 1 is 0.964 bits per heavy atom. The Hall–Kier alpha value is -1.59. The fourth-order valence-corrected chi connectivity index (χ4v) is 4.45. The van der Waals surface area contributed by atoms with Crippen LogP contribution in [0.4, 0.5) is 0 Å². The molecule has 4 N–H and O–H groups in total. The second-order valence-corrected chi connectivity index (χ2v) is 8.11. The molecule has 0 aliphatic heterocycles. The van der Waals surface area contributed by atoms with Gasteiger partial charge in [-0.05, 0) is 49.3 Å². The third kappa shape index (κ3) is 6.21. The zero-order chi connectivity index (χ0) is 19.1. The number of nitrogens with one attached hydrogen (secondary N) is 2. The summed E-state index contributed by atoms with van der Waals surface area (Å²) in [5.41, 5.74) is 7.58. The van der Waals surface area contributed by atoms with E-state index in [4.69, 9.17) is 5.73 Å². The van der Waals surface area contributed by atoms with Gasteiger partial charge in [0.25, 0.3) is 5.91 Å². The minimum absolute atomic E-state index is 0. The molecule has 6 heteroatoms. The number of rotatable bonds is 7. The maximum Gasteiger partial charge on any atom is 0.251 e. The SMILES string of the molecule is Cl.NCC(NC(=O)c1ccc(CNC(=O)C2CCCC2)cc1)C1CCCCC1. The lowest BCUT2D eigenvalue weighted by atomic mass is 9.84. The van der Waals surface area contributed by atoms with Gasteiger partial charge in [-0.1, -0.05) is 44.2 Å². The van der Waals surface area contributed by atoms with E-state index in [-0.39, 0.29) is 36.2 Å². The van der Waals surface area contributed by atoms with Gasteiger partial charge >= 0.3 is 0 Å². The summed E-state index contributed by atoms with van der Waals surface area (Å²) in [6.07, 6.45) is 10.4. The number of hydrogen-bond acceptors (Lipinski definition) is 3. The molecule has 1 aromatic carbocycles. The Balaban J connectivity index is 0.00000280. The van der Waals surface area contributed by atoms with Gasteiger partial charge < -0.3 is 16.4 Å². The van der Waals surface area contributed by atoms with E-state index in [9.17, 15) is 9.59 Å². The molecular formula is C22H34ClN3O2. The minimum Gasteiger partial charge on any atom is -0.352 e. The molecule has 28 heavy (non-hydrogen) atoms. The number of nitrogens with two attached hydrogens (primary N) is 1. The highest BCUT2D eigenvalue weighted by Crippen LogP contribution is 2.26. The van der Waals surface area contributed by atoms with E-state index in [0.29, 0.717) is 24.6 Å². The summed E-state index contributed by atoms with van der Waals surface area (Å²) in [7, 11) is 0. The van der Waals surface area contributed by atoms with E-state index in [1.165, 1.54) is 19.3 Å². The Morgan fingerprint density at radius 3 is 2.18 bits per heavy atom. The van der Waals surface area contributed by atoms with Crippen LogP contribution in [0.25, 0.3) is 0 Å². The van der Waals surface area contributed by atoms with Crippen LogP contribution in [0.3, 0.4) is 0 Å². The third-order valence-electron chi connectivity index (χ3n) is 6.20. The van der Waals surface area contributed by atoms with Crippen molar-refractivity contribution in [1.82, 2.24) is 10.6 Å². The molecule has 156 valence electrons. The van der Waals surface area contributed by atoms with Crippen molar-refractivity contribution in [3.63, 3.8) is 0 Å². The zero-order valence-corrected chi connectivity index (χ0v) is 17.4. The van der Waals surface area contributed by atoms with Gasteiger partial charge in [-0.2, -0.15) is 0 Å². The number of halogens is 1. The molecule has 2 fully saturated rings. The fourth-order valence-electron chi connectivity index (χ4n) is 4.45. The van der Waals surface area contributed by atoms with E-state index in [1.54, 1.807) is 0 Å². The Morgan fingerprint density at radius 2 is 1.57 bits per heavy atom. The van der Waals surface area contributed by atoms with E-state index in [1.807, 2.05) is 24.3 Å². The second kappa shape index (κ2) is 11.4. The maximum atomic E-state index is 12.6. The van der Waals surface area contributed by atoms with Gasteiger partial charge in [-0.25, -0.2) is 0 Å². The molecule has 2 aliphatic carbocycles.